The fourth-order valence-corrected chi connectivity index (χ4v) is 3.61. The Labute approximate surface area is 162 Å². The Hall–Kier alpha value is -1.41. The number of likely N-dealkylation sites (tertiary alicyclic amines) is 1. The molecule has 27 heavy (non-hydrogen) atoms. The molecule has 1 aromatic rings. The third kappa shape index (κ3) is 4.37. The first-order valence-corrected chi connectivity index (χ1v) is 9.87. The summed E-state index contributed by atoms with van der Waals surface area (Å²) in [6.07, 6.45) is 3.07. The van der Waals surface area contributed by atoms with Crippen LogP contribution >= 0.6 is 0 Å². The molecule has 0 amide bonds. The maximum Gasteiger partial charge on any atom is 0.495 e. The van der Waals surface area contributed by atoms with Gasteiger partial charge in [0.25, 0.3) is 0 Å². The third-order valence-electron chi connectivity index (χ3n) is 6.01. The molecule has 0 bridgehead atoms. The predicted molar refractivity (Wildman–Crippen MR) is 110 cm³/mol. The highest BCUT2D eigenvalue weighted by atomic mass is 16.7. The molecule has 7 heteroatoms. The number of β-amino-alcohol motifs (C(OH)–C–C–N with tert-alkyl or cyclic N) is 1. The van der Waals surface area contributed by atoms with Gasteiger partial charge in [-0.2, -0.15) is 0 Å². The van der Waals surface area contributed by atoms with E-state index in [9.17, 15) is 5.11 Å². The lowest BCUT2D eigenvalue weighted by Gasteiger charge is -2.32. The van der Waals surface area contributed by atoms with Crippen molar-refractivity contribution in [3.63, 3.8) is 0 Å². The van der Waals surface area contributed by atoms with Crippen molar-refractivity contribution in [2.75, 3.05) is 31.5 Å². The molecule has 2 aliphatic heterocycles. The van der Waals surface area contributed by atoms with Crippen molar-refractivity contribution >= 4 is 24.5 Å². The van der Waals surface area contributed by atoms with Crippen LogP contribution in [0.3, 0.4) is 0 Å². The lowest BCUT2D eigenvalue weighted by atomic mass is 9.75. The smallest absolute Gasteiger partial charge is 0.399 e. The van der Waals surface area contributed by atoms with Crippen molar-refractivity contribution in [2.24, 2.45) is 0 Å². The Kier molecular flexibility index (Phi) is 5.96. The molecule has 2 aliphatic rings. The maximum absolute atomic E-state index is 9.60. The molecule has 2 heterocycles. The summed E-state index contributed by atoms with van der Waals surface area (Å²) in [5.74, 6) is 0. The van der Waals surface area contributed by atoms with Crippen LogP contribution in [0.5, 0.6) is 0 Å². The van der Waals surface area contributed by atoms with Crippen molar-refractivity contribution in [1.82, 2.24) is 4.90 Å². The monoisotopic (exact) mass is 373 g/mol. The van der Waals surface area contributed by atoms with Crippen LogP contribution < -0.4 is 10.8 Å². The second kappa shape index (κ2) is 7.91. The van der Waals surface area contributed by atoms with Crippen molar-refractivity contribution in [2.45, 2.75) is 57.8 Å². The summed E-state index contributed by atoms with van der Waals surface area (Å²) in [7, 11) is -0.473. The Balaban J connectivity index is 1.64. The zero-order valence-electron chi connectivity index (χ0n) is 16.9. The summed E-state index contributed by atoms with van der Waals surface area (Å²) in [4.78, 5) is 2.30. The predicted octanol–water partition coefficient (Wildman–Crippen LogP) is 1.85. The number of rotatable bonds is 7. The number of anilines is 1. The first-order valence-electron chi connectivity index (χ1n) is 9.87. The van der Waals surface area contributed by atoms with Gasteiger partial charge in [0.2, 0.25) is 0 Å². The van der Waals surface area contributed by atoms with E-state index in [1.54, 1.807) is 0 Å². The van der Waals surface area contributed by atoms with E-state index in [1.165, 1.54) is 6.21 Å². The standard InChI is InChI=1S/C20H32BN3O3/c1-19(2)20(3,4)27-21(26-19)17-7-5-8-18(16(17)13-22)23-10-6-11-24-12-9-15(25)14-24/h5,7-8,13,15,22-23,25H,6,9-12,14H2,1-4H3/t15-/m1/s1. The molecule has 0 radical (unpaired) electrons. The number of nitrogens with zero attached hydrogens (tertiary/aromatic N) is 1. The molecule has 2 fully saturated rings. The SMILES string of the molecule is CC1(C)OB(c2cccc(NCCCN3CC[C@@H](O)C3)c2C=N)OC1(C)C. The molecule has 0 unspecified atom stereocenters. The minimum Gasteiger partial charge on any atom is -0.399 e. The van der Waals surface area contributed by atoms with Gasteiger partial charge < -0.3 is 30.0 Å². The molecule has 148 valence electrons. The fourth-order valence-electron chi connectivity index (χ4n) is 3.61. The quantitative estimate of drug-likeness (QED) is 0.386. The van der Waals surface area contributed by atoms with E-state index in [1.807, 2.05) is 45.9 Å². The summed E-state index contributed by atoms with van der Waals surface area (Å²) in [6, 6.07) is 5.95. The molecule has 0 spiro atoms. The van der Waals surface area contributed by atoms with Crippen LogP contribution in [0.1, 0.15) is 46.1 Å². The zero-order chi connectivity index (χ0) is 19.7. The number of nitrogens with one attached hydrogen (secondary N) is 2. The molecule has 0 saturated carbocycles. The molecule has 2 saturated heterocycles. The minimum atomic E-state index is -0.473. The summed E-state index contributed by atoms with van der Waals surface area (Å²) in [5, 5.41) is 21.0. The third-order valence-corrected chi connectivity index (χ3v) is 6.01. The highest BCUT2D eigenvalue weighted by Gasteiger charge is 2.52. The molecule has 0 aromatic heterocycles. The summed E-state index contributed by atoms with van der Waals surface area (Å²) in [5.41, 5.74) is 1.82. The molecule has 0 aliphatic carbocycles. The van der Waals surface area contributed by atoms with Crippen LogP contribution in [0.15, 0.2) is 18.2 Å². The van der Waals surface area contributed by atoms with Gasteiger partial charge in [-0.1, -0.05) is 12.1 Å². The molecular formula is C20H32BN3O3. The second-order valence-corrected chi connectivity index (χ2v) is 8.56. The lowest BCUT2D eigenvalue weighted by molar-refractivity contribution is 0.00578. The Morgan fingerprint density at radius 1 is 1.30 bits per heavy atom. The topological polar surface area (TPSA) is 77.8 Å². The minimum absolute atomic E-state index is 0.168. The van der Waals surface area contributed by atoms with E-state index in [-0.39, 0.29) is 6.10 Å². The van der Waals surface area contributed by atoms with Crippen LogP contribution in [0, 0.1) is 5.41 Å². The van der Waals surface area contributed by atoms with Crippen molar-refractivity contribution < 1.29 is 14.4 Å². The number of hydrogen-bond acceptors (Lipinski definition) is 6. The Morgan fingerprint density at radius 2 is 2.00 bits per heavy atom. The van der Waals surface area contributed by atoms with Gasteiger partial charge in [0.1, 0.15) is 0 Å². The van der Waals surface area contributed by atoms with E-state index in [4.69, 9.17) is 14.7 Å². The summed E-state index contributed by atoms with van der Waals surface area (Å²) in [6.45, 7) is 11.7. The second-order valence-electron chi connectivity index (χ2n) is 8.56. The van der Waals surface area contributed by atoms with Gasteiger partial charge in [-0.25, -0.2) is 0 Å². The van der Waals surface area contributed by atoms with E-state index in [2.05, 4.69) is 10.2 Å². The van der Waals surface area contributed by atoms with Crippen molar-refractivity contribution in [3.8, 4) is 0 Å². The molecule has 3 N–H and O–H groups in total. The molecule has 1 atom stereocenters. The molecule has 6 nitrogen and oxygen atoms in total. The van der Waals surface area contributed by atoms with E-state index in [0.29, 0.717) is 0 Å². The Bertz CT molecular complexity index is 664. The number of benzene rings is 1. The first-order chi connectivity index (χ1) is 12.7. The largest absolute Gasteiger partial charge is 0.495 e. The average molecular weight is 373 g/mol. The fraction of sp³-hybridized carbons (Fsp3) is 0.650. The van der Waals surface area contributed by atoms with Crippen LogP contribution in [-0.4, -0.2) is 66.8 Å². The van der Waals surface area contributed by atoms with E-state index < -0.39 is 18.3 Å². The molecule has 3 rings (SSSR count). The number of aliphatic hydroxyl groups is 1. The maximum atomic E-state index is 9.60. The van der Waals surface area contributed by atoms with Crippen LogP contribution in [0.4, 0.5) is 5.69 Å². The molecular weight excluding hydrogens is 341 g/mol. The van der Waals surface area contributed by atoms with Gasteiger partial charge in [0.05, 0.1) is 17.3 Å². The van der Waals surface area contributed by atoms with Crippen LogP contribution in [-0.2, 0) is 9.31 Å². The highest BCUT2D eigenvalue weighted by Crippen LogP contribution is 2.36. The summed E-state index contributed by atoms with van der Waals surface area (Å²) < 4.78 is 12.3. The number of aliphatic hydroxyl groups excluding tert-OH is 1. The van der Waals surface area contributed by atoms with Gasteiger partial charge in [-0.05, 0) is 58.6 Å². The highest BCUT2D eigenvalue weighted by molar-refractivity contribution is 6.63. The van der Waals surface area contributed by atoms with Gasteiger partial charge >= 0.3 is 7.12 Å². The van der Waals surface area contributed by atoms with Crippen LogP contribution in [0.2, 0.25) is 0 Å². The van der Waals surface area contributed by atoms with Gasteiger partial charge in [0, 0.05) is 37.1 Å². The van der Waals surface area contributed by atoms with Gasteiger partial charge in [0.15, 0.2) is 0 Å². The summed E-state index contributed by atoms with van der Waals surface area (Å²) >= 11 is 0. The van der Waals surface area contributed by atoms with Gasteiger partial charge in [-0.15, -0.1) is 0 Å². The zero-order valence-corrected chi connectivity index (χ0v) is 16.9. The normalized spacial score (nSPS) is 24.3. The lowest BCUT2D eigenvalue weighted by Crippen LogP contribution is -2.41. The van der Waals surface area contributed by atoms with Crippen molar-refractivity contribution in [1.29, 1.82) is 5.41 Å². The molecule has 1 aromatic carbocycles. The van der Waals surface area contributed by atoms with Crippen molar-refractivity contribution in [3.05, 3.63) is 23.8 Å². The Morgan fingerprint density at radius 3 is 2.59 bits per heavy atom. The number of hydrogen-bond donors (Lipinski definition) is 3. The van der Waals surface area contributed by atoms with Gasteiger partial charge in [-0.3, -0.25) is 0 Å². The average Bonchev–Trinajstić information content (AvgIpc) is 3.11. The first kappa shape index (κ1) is 20.3. The van der Waals surface area contributed by atoms with E-state index in [0.717, 1.165) is 55.7 Å². The van der Waals surface area contributed by atoms with Crippen LogP contribution in [0.25, 0.3) is 0 Å². The van der Waals surface area contributed by atoms with E-state index >= 15 is 0 Å².